The molecule has 1 aliphatic rings. The Balaban J connectivity index is 1.07. The van der Waals surface area contributed by atoms with Crippen LogP contribution in [0.5, 0.6) is 0 Å². The topological polar surface area (TPSA) is 38.7 Å². The molecule has 8 aromatic carbocycles. The minimum Gasteiger partial charge on any atom is -0.208 e. The first-order chi connectivity index (χ1) is 25.3. The minimum atomic E-state index is 0.664. The van der Waals surface area contributed by atoms with Gasteiger partial charge in [0.25, 0.3) is 0 Å². The van der Waals surface area contributed by atoms with Crippen molar-refractivity contribution in [2.24, 2.45) is 0 Å². The van der Waals surface area contributed by atoms with Crippen LogP contribution in [-0.4, -0.2) is 15.0 Å². The highest BCUT2D eigenvalue weighted by Crippen LogP contribution is 2.52. The second kappa shape index (κ2) is 12.2. The van der Waals surface area contributed by atoms with Crippen molar-refractivity contribution in [2.75, 3.05) is 0 Å². The molecule has 0 bridgehead atoms. The zero-order chi connectivity index (χ0) is 33.7. The van der Waals surface area contributed by atoms with E-state index in [4.69, 9.17) is 15.0 Å². The van der Waals surface area contributed by atoms with E-state index in [2.05, 4.69) is 140 Å². The lowest BCUT2D eigenvalue weighted by molar-refractivity contribution is 1.07. The number of benzene rings is 8. The molecule has 0 atom stereocenters. The van der Waals surface area contributed by atoms with Crippen LogP contribution >= 0.6 is 11.8 Å². The van der Waals surface area contributed by atoms with E-state index in [-0.39, 0.29) is 0 Å². The molecule has 0 spiro atoms. The summed E-state index contributed by atoms with van der Waals surface area (Å²) in [7, 11) is 0. The van der Waals surface area contributed by atoms with Crippen molar-refractivity contribution < 1.29 is 0 Å². The Morgan fingerprint density at radius 3 is 1.67 bits per heavy atom. The molecule has 0 N–H and O–H groups in total. The second-order valence-electron chi connectivity index (χ2n) is 12.8. The van der Waals surface area contributed by atoms with Crippen LogP contribution in [0.3, 0.4) is 0 Å². The zero-order valence-corrected chi connectivity index (χ0v) is 28.3. The van der Waals surface area contributed by atoms with Crippen LogP contribution in [0.2, 0.25) is 0 Å². The first-order valence-electron chi connectivity index (χ1n) is 17.1. The van der Waals surface area contributed by atoms with E-state index in [9.17, 15) is 0 Å². The molecule has 238 valence electrons. The van der Waals surface area contributed by atoms with Crippen molar-refractivity contribution in [1.82, 2.24) is 15.0 Å². The molecule has 0 aliphatic carbocycles. The second-order valence-corrected chi connectivity index (χ2v) is 13.9. The summed E-state index contributed by atoms with van der Waals surface area (Å²) in [6.07, 6.45) is 0. The van der Waals surface area contributed by atoms with Gasteiger partial charge < -0.3 is 0 Å². The van der Waals surface area contributed by atoms with E-state index in [0.717, 1.165) is 21.6 Å². The highest BCUT2D eigenvalue weighted by molar-refractivity contribution is 8.00. The van der Waals surface area contributed by atoms with Crippen LogP contribution in [0.15, 0.2) is 186 Å². The highest BCUT2D eigenvalue weighted by Gasteiger charge is 2.25. The average Bonchev–Trinajstić information content (AvgIpc) is 3.21. The molecular formula is C47H29N3S. The number of rotatable bonds is 5. The third kappa shape index (κ3) is 5.20. The van der Waals surface area contributed by atoms with Gasteiger partial charge in [-0.05, 0) is 67.7 Å². The van der Waals surface area contributed by atoms with Gasteiger partial charge in [-0.1, -0.05) is 169 Å². The summed E-state index contributed by atoms with van der Waals surface area (Å²) >= 11 is 1.80. The molecule has 0 saturated carbocycles. The number of fused-ring (bicyclic) bond motifs is 3. The quantitative estimate of drug-likeness (QED) is 0.183. The van der Waals surface area contributed by atoms with Gasteiger partial charge in [-0.25, -0.2) is 15.0 Å². The van der Waals surface area contributed by atoms with Gasteiger partial charge in [0.15, 0.2) is 17.5 Å². The molecule has 0 unspecified atom stereocenters. The summed E-state index contributed by atoms with van der Waals surface area (Å²) in [4.78, 5) is 17.5. The molecule has 10 rings (SSSR count). The van der Waals surface area contributed by atoms with Crippen LogP contribution in [0.1, 0.15) is 0 Å². The first-order valence-corrected chi connectivity index (χ1v) is 17.9. The lowest BCUT2D eigenvalue weighted by Crippen LogP contribution is -2.02. The average molecular weight is 668 g/mol. The fourth-order valence-electron chi connectivity index (χ4n) is 7.22. The molecule has 2 heterocycles. The van der Waals surface area contributed by atoms with Gasteiger partial charge in [-0.3, -0.25) is 0 Å². The maximum atomic E-state index is 5.07. The Labute approximate surface area is 300 Å². The first kappa shape index (κ1) is 29.5. The predicted octanol–water partition coefficient (Wildman–Crippen LogP) is 12.6. The maximum Gasteiger partial charge on any atom is 0.165 e. The molecule has 0 saturated heterocycles. The van der Waals surface area contributed by atoms with Crippen LogP contribution in [0.4, 0.5) is 0 Å². The van der Waals surface area contributed by atoms with E-state index >= 15 is 0 Å². The molecule has 0 radical (unpaired) electrons. The maximum absolute atomic E-state index is 5.07. The van der Waals surface area contributed by atoms with Crippen molar-refractivity contribution >= 4 is 33.3 Å². The Hall–Kier alpha value is -6.36. The molecule has 1 aromatic heterocycles. The summed E-state index contributed by atoms with van der Waals surface area (Å²) in [6, 6.07) is 62.3. The fourth-order valence-corrected chi connectivity index (χ4v) is 8.46. The number of aromatic nitrogens is 3. The van der Waals surface area contributed by atoms with E-state index in [0.29, 0.717) is 17.5 Å². The van der Waals surface area contributed by atoms with Crippen LogP contribution in [0, 0.1) is 0 Å². The third-order valence-corrected chi connectivity index (χ3v) is 10.9. The Kier molecular flexibility index (Phi) is 7.07. The summed E-state index contributed by atoms with van der Waals surface area (Å²) in [5, 5.41) is 5.06. The molecule has 4 heteroatoms. The molecule has 0 fully saturated rings. The van der Waals surface area contributed by atoms with Gasteiger partial charge in [-0.2, -0.15) is 0 Å². The van der Waals surface area contributed by atoms with Gasteiger partial charge in [-0.15, -0.1) is 0 Å². The predicted molar refractivity (Wildman–Crippen MR) is 212 cm³/mol. The number of hydrogen-bond acceptors (Lipinski definition) is 4. The van der Waals surface area contributed by atoms with Crippen LogP contribution in [0.25, 0.3) is 89.1 Å². The van der Waals surface area contributed by atoms with Crippen molar-refractivity contribution in [3.63, 3.8) is 0 Å². The SMILES string of the molecule is c1ccc(-c2nc(-c3ccccc3)nc(-c3cccc4c3Sc3ccc(-c5ccc(-c6ccc7ccccc7c6)cc5)c5cccc-4c35)n2)cc1. The van der Waals surface area contributed by atoms with Crippen LogP contribution < -0.4 is 0 Å². The monoisotopic (exact) mass is 667 g/mol. The molecule has 51 heavy (non-hydrogen) atoms. The zero-order valence-electron chi connectivity index (χ0n) is 27.5. The Morgan fingerprint density at radius 2 is 0.922 bits per heavy atom. The smallest absolute Gasteiger partial charge is 0.165 e. The Bertz CT molecular complexity index is 2700. The lowest BCUT2D eigenvalue weighted by atomic mass is 9.91. The summed E-state index contributed by atoms with van der Waals surface area (Å²) in [5.74, 6) is 2.00. The molecule has 9 aromatic rings. The highest BCUT2D eigenvalue weighted by atomic mass is 32.2. The van der Waals surface area contributed by atoms with Crippen molar-refractivity contribution in [1.29, 1.82) is 0 Å². The van der Waals surface area contributed by atoms with Crippen LogP contribution in [-0.2, 0) is 0 Å². The summed E-state index contributed by atoms with van der Waals surface area (Å²) < 4.78 is 0. The number of hydrogen-bond donors (Lipinski definition) is 0. The molecular weight excluding hydrogens is 639 g/mol. The third-order valence-electron chi connectivity index (χ3n) is 9.74. The lowest BCUT2D eigenvalue weighted by Gasteiger charge is -2.23. The van der Waals surface area contributed by atoms with E-state index in [1.807, 2.05) is 36.4 Å². The van der Waals surface area contributed by atoms with Crippen molar-refractivity contribution in [3.8, 4) is 67.5 Å². The molecule has 1 aliphatic heterocycles. The van der Waals surface area contributed by atoms with E-state index in [1.54, 1.807) is 11.8 Å². The van der Waals surface area contributed by atoms with Crippen molar-refractivity contribution in [2.45, 2.75) is 9.79 Å². The number of nitrogens with zero attached hydrogens (tertiary/aromatic N) is 3. The van der Waals surface area contributed by atoms with Gasteiger partial charge in [0.1, 0.15) is 0 Å². The van der Waals surface area contributed by atoms with E-state index < -0.39 is 0 Å². The summed E-state index contributed by atoms with van der Waals surface area (Å²) in [6.45, 7) is 0. The fraction of sp³-hybridized carbons (Fsp3) is 0. The van der Waals surface area contributed by atoms with Gasteiger partial charge >= 0.3 is 0 Å². The largest absolute Gasteiger partial charge is 0.208 e. The van der Waals surface area contributed by atoms with Gasteiger partial charge in [0, 0.05) is 31.9 Å². The van der Waals surface area contributed by atoms with E-state index in [1.165, 1.54) is 59.8 Å². The Morgan fingerprint density at radius 1 is 0.333 bits per heavy atom. The summed E-state index contributed by atoms with van der Waals surface area (Å²) in [5.41, 5.74) is 10.2. The molecule has 0 amide bonds. The van der Waals surface area contributed by atoms with Gasteiger partial charge in [0.05, 0.1) is 0 Å². The standard InChI is InChI=1S/C47H29N3S/c1-3-12-33(13-4-1)45-48-46(34-14-5-2-6-15-34)50-47(49-45)41-20-10-19-40-39-18-9-17-38-37(27-28-42(43(38)39)51-44(40)41)32-24-21-31(22-25-32)36-26-23-30-11-7-8-16-35(30)29-36/h1-29H. The van der Waals surface area contributed by atoms with Crippen molar-refractivity contribution in [3.05, 3.63) is 176 Å². The molecule has 3 nitrogen and oxygen atoms in total. The van der Waals surface area contributed by atoms with Gasteiger partial charge in [0.2, 0.25) is 0 Å². The normalized spacial score (nSPS) is 11.8. The minimum absolute atomic E-state index is 0.664.